The molecule has 29 heavy (non-hydrogen) atoms. The van der Waals surface area contributed by atoms with Crippen molar-refractivity contribution in [1.29, 1.82) is 0 Å². The summed E-state index contributed by atoms with van der Waals surface area (Å²) in [6, 6.07) is 15.2. The molecule has 6 heteroatoms. The molecule has 0 fully saturated rings. The van der Waals surface area contributed by atoms with Crippen molar-refractivity contribution in [3.05, 3.63) is 70.9 Å². The smallest absolute Gasteiger partial charge is 0.338 e. The van der Waals surface area contributed by atoms with E-state index in [0.717, 1.165) is 29.1 Å². The highest BCUT2D eigenvalue weighted by Gasteiger charge is 2.09. The van der Waals surface area contributed by atoms with Crippen LogP contribution in [0.15, 0.2) is 48.5 Å². The van der Waals surface area contributed by atoms with E-state index in [4.69, 9.17) is 4.74 Å². The molecule has 0 radical (unpaired) electrons. The number of carbonyl (C=O) groups is 1. The maximum absolute atomic E-state index is 11.8. The second-order valence-electron chi connectivity index (χ2n) is 6.73. The number of para-hydroxylation sites is 1. The molecule has 0 aliphatic carbocycles. The number of nitrogens with zero attached hydrogens (tertiary/aromatic N) is 2. The van der Waals surface area contributed by atoms with Crippen LogP contribution in [0.25, 0.3) is 0 Å². The van der Waals surface area contributed by atoms with Crippen LogP contribution in [0, 0.1) is 13.8 Å². The molecule has 1 aromatic heterocycles. The van der Waals surface area contributed by atoms with Crippen molar-refractivity contribution in [3.63, 3.8) is 0 Å². The van der Waals surface area contributed by atoms with Gasteiger partial charge in [-0.25, -0.2) is 9.78 Å². The van der Waals surface area contributed by atoms with Gasteiger partial charge in [0, 0.05) is 23.1 Å². The molecule has 0 amide bonds. The van der Waals surface area contributed by atoms with Crippen LogP contribution >= 0.6 is 0 Å². The lowest BCUT2D eigenvalue weighted by Crippen LogP contribution is -2.06. The van der Waals surface area contributed by atoms with E-state index in [9.17, 15) is 4.79 Å². The fraction of sp³-hybridized carbons (Fsp3) is 0.261. The lowest BCUT2D eigenvalue weighted by Gasteiger charge is -2.14. The quantitative estimate of drug-likeness (QED) is 0.532. The van der Waals surface area contributed by atoms with Gasteiger partial charge in [0.2, 0.25) is 5.95 Å². The molecule has 2 aromatic carbocycles. The molecule has 0 atom stereocenters. The number of ether oxygens (including phenoxy) is 1. The summed E-state index contributed by atoms with van der Waals surface area (Å²) >= 11 is 0. The Morgan fingerprint density at radius 1 is 1.00 bits per heavy atom. The zero-order chi connectivity index (χ0) is 20.8. The van der Waals surface area contributed by atoms with Crippen molar-refractivity contribution in [2.24, 2.45) is 0 Å². The zero-order valence-corrected chi connectivity index (χ0v) is 17.2. The first kappa shape index (κ1) is 20.3. The van der Waals surface area contributed by atoms with Gasteiger partial charge in [-0.15, -0.1) is 0 Å². The summed E-state index contributed by atoms with van der Waals surface area (Å²) in [6.07, 6.45) is 0.924. The molecular weight excluding hydrogens is 364 g/mol. The summed E-state index contributed by atoms with van der Waals surface area (Å²) in [4.78, 5) is 20.9. The largest absolute Gasteiger partial charge is 0.462 e. The highest BCUT2D eigenvalue weighted by Crippen LogP contribution is 2.25. The van der Waals surface area contributed by atoms with Crippen LogP contribution in [0.5, 0.6) is 0 Å². The van der Waals surface area contributed by atoms with E-state index in [0.29, 0.717) is 23.9 Å². The minimum absolute atomic E-state index is 0.326. The topological polar surface area (TPSA) is 76.1 Å². The third-order valence-corrected chi connectivity index (χ3v) is 4.50. The van der Waals surface area contributed by atoms with Crippen LogP contribution in [0.1, 0.15) is 41.0 Å². The maximum atomic E-state index is 11.8. The van der Waals surface area contributed by atoms with Crippen LogP contribution in [0.2, 0.25) is 0 Å². The third kappa shape index (κ3) is 5.10. The van der Waals surface area contributed by atoms with Gasteiger partial charge in [0.1, 0.15) is 5.82 Å². The Morgan fingerprint density at radius 3 is 2.45 bits per heavy atom. The molecule has 0 saturated heterocycles. The van der Waals surface area contributed by atoms with E-state index in [1.165, 1.54) is 5.56 Å². The van der Waals surface area contributed by atoms with E-state index in [2.05, 4.69) is 52.6 Å². The standard InChI is InChI=1S/C23H26N4O2/c1-5-17-9-7-8-15(3)21(17)27-23-24-16(4)14-20(26-23)25-19-12-10-18(11-13-19)22(28)29-6-2/h7-14H,5-6H2,1-4H3,(H2,24,25,26,27). The van der Waals surface area contributed by atoms with Crippen molar-refractivity contribution in [2.45, 2.75) is 34.1 Å². The first-order chi connectivity index (χ1) is 14.0. The van der Waals surface area contributed by atoms with Crippen LogP contribution < -0.4 is 10.6 Å². The number of esters is 1. The number of hydrogen-bond acceptors (Lipinski definition) is 6. The molecule has 6 nitrogen and oxygen atoms in total. The number of aryl methyl sites for hydroxylation is 3. The molecule has 0 bridgehead atoms. The first-order valence-electron chi connectivity index (χ1n) is 9.75. The number of nitrogens with one attached hydrogen (secondary N) is 2. The van der Waals surface area contributed by atoms with E-state index >= 15 is 0 Å². The second-order valence-corrected chi connectivity index (χ2v) is 6.73. The van der Waals surface area contributed by atoms with Crippen LogP contribution in [-0.4, -0.2) is 22.5 Å². The molecule has 0 aliphatic rings. The predicted molar refractivity (Wildman–Crippen MR) is 116 cm³/mol. The summed E-state index contributed by atoms with van der Waals surface area (Å²) in [6.45, 7) is 8.28. The van der Waals surface area contributed by atoms with Crippen molar-refractivity contribution < 1.29 is 9.53 Å². The Labute approximate surface area is 171 Å². The van der Waals surface area contributed by atoms with E-state index in [-0.39, 0.29) is 5.97 Å². The average molecular weight is 390 g/mol. The van der Waals surface area contributed by atoms with Gasteiger partial charge in [-0.3, -0.25) is 0 Å². The van der Waals surface area contributed by atoms with Crippen molar-refractivity contribution in [3.8, 4) is 0 Å². The Morgan fingerprint density at radius 2 is 1.76 bits per heavy atom. The molecule has 3 aromatic rings. The van der Waals surface area contributed by atoms with Crippen molar-refractivity contribution >= 4 is 29.1 Å². The molecule has 0 unspecified atom stereocenters. The lowest BCUT2D eigenvalue weighted by atomic mass is 10.1. The van der Waals surface area contributed by atoms with E-state index in [1.54, 1.807) is 19.1 Å². The number of anilines is 4. The Bertz CT molecular complexity index is 1000. The minimum Gasteiger partial charge on any atom is -0.462 e. The minimum atomic E-state index is -0.326. The highest BCUT2D eigenvalue weighted by molar-refractivity contribution is 5.89. The highest BCUT2D eigenvalue weighted by atomic mass is 16.5. The van der Waals surface area contributed by atoms with Crippen LogP contribution in [0.3, 0.4) is 0 Å². The van der Waals surface area contributed by atoms with E-state index < -0.39 is 0 Å². The van der Waals surface area contributed by atoms with Crippen molar-refractivity contribution in [2.75, 3.05) is 17.2 Å². The molecule has 0 spiro atoms. The van der Waals surface area contributed by atoms with Crippen LogP contribution in [-0.2, 0) is 11.2 Å². The predicted octanol–water partition coefficient (Wildman–Crippen LogP) is 5.32. The molecule has 3 rings (SSSR count). The molecule has 150 valence electrons. The summed E-state index contributed by atoms with van der Waals surface area (Å²) in [5, 5.41) is 6.64. The molecule has 0 aliphatic heterocycles. The van der Waals surface area contributed by atoms with Crippen molar-refractivity contribution in [1.82, 2.24) is 9.97 Å². The number of hydrogen-bond donors (Lipinski definition) is 2. The van der Waals surface area contributed by atoms with Gasteiger partial charge in [-0.2, -0.15) is 4.98 Å². The summed E-state index contributed by atoms with van der Waals surface area (Å²) in [7, 11) is 0. The van der Waals surface area contributed by atoms with Gasteiger partial charge < -0.3 is 15.4 Å². The SMILES string of the molecule is CCOC(=O)c1ccc(Nc2cc(C)nc(Nc3c(C)cccc3CC)n2)cc1. The number of aromatic nitrogens is 2. The van der Waals surface area contributed by atoms with Crippen LogP contribution in [0.4, 0.5) is 23.1 Å². The lowest BCUT2D eigenvalue weighted by molar-refractivity contribution is 0.0526. The molecule has 0 saturated carbocycles. The Balaban J connectivity index is 1.80. The Kier molecular flexibility index (Phi) is 6.44. The second kappa shape index (κ2) is 9.19. The van der Waals surface area contributed by atoms with Gasteiger partial charge in [-0.05, 0) is 62.6 Å². The van der Waals surface area contributed by atoms with Gasteiger partial charge in [0.05, 0.1) is 12.2 Å². The first-order valence-corrected chi connectivity index (χ1v) is 9.75. The fourth-order valence-corrected chi connectivity index (χ4v) is 3.05. The summed E-state index contributed by atoms with van der Waals surface area (Å²) < 4.78 is 5.01. The zero-order valence-electron chi connectivity index (χ0n) is 17.2. The van der Waals surface area contributed by atoms with Gasteiger partial charge in [0.25, 0.3) is 0 Å². The number of benzene rings is 2. The number of carbonyl (C=O) groups excluding carboxylic acids is 1. The maximum Gasteiger partial charge on any atom is 0.338 e. The van der Waals surface area contributed by atoms with Gasteiger partial charge >= 0.3 is 5.97 Å². The summed E-state index contributed by atoms with van der Waals surface area (Å²) in [5.41, 5.74) is 5.61. The third-order valence-electron chi connectivity index (χ3n) is 4.50. The normalized spacial score (nSPS) is 10.5. The van der Waals surface area contributed by atoms with E-state index in [1.807, 2.05) is 25.1 Å². The average Bonchev–Trinajstić information content (AvgIpc) is 2.70. The Hall–Kier alpha value is -3.41. The monoisotopic (exact) mass is 390 g/mol. The molecular formula is C23H26N4O2. The summed E-state index contributed by atoms with van der Waals surface area (Å²) in [5.74, 6) is 0.892. The van der Waals surface area contributed by atoms with Gasteiger partial charge in [-0.1, -0.05) is 25.1 Å². The fourth-order valence-electron chi connectivity index (χ4n) is 3.05. The molecule has 2 N–H and O–H groups in total. The van der Waals surface area contributed by atoms with Gasteiger partial charge in [0.15, 0.2) is 0 Å². The number of rotatable bonds is 7. The molecule has 1 heterocycles.